The second-order valence-corrected chi connectivity index (χ2v) is 6.11. The summed E-state index contributed by atoms with van der Waals surface area (Å²) in [6, 6.07) is 4.29. The van der Waals surface area contributed by atoms with E-state index >= 15 is 0 Å². The van der Waals surface area contributed by atoms with E-state index in [9.17, 15) is 14.7 Å². The van der Waals surface area contributed by atoms with E-state index in [2.05, 4.69) is 5.32 Å². The number of carboxylic acids is 1. The highest BCUT2D eigenvalue weighted by atomic mass is 16.5. The number of fused-ring (bicyclic) bond motifs is 1. The van der Waals surface area contributed by atoms with Crippen molar-refractivity contribution in [2.45, 2.75) is 46.1 Å². The minimum atomic E-state index is -1.05. The topological polar surface area (TPSA) is 75.6 Å². The Hall–Kier alpha value is -2.04. The maximum absolute atomic E-state index is 12.4. The normalized spacial score (nSPS) is 15.7. The largest absolute Gasteiger partial charge is 0.493 e. The third-order valence-corrected chi connectivity index (χ3v) is 4.75. The van der Waals surface area contributed by atoms with Crippen LogP contribution in [0.2, 0.25) is 0 Å². The Balaban J connectivity index is 2.16. The molecule has 1 amide bonds. The molecule has 5 nitrogen and oxygen atoms in total. The molecule has 0 saturated heterocycles. The molecule has 1 aromatic carbocycles. The van der Waals surface area contributed by atoms with Gasteiger partial charge in [0.05, 0.1) is 6.61 Å². The first kappa shape index (κ1) is 17.3. The van der Waals surface area contributed by atoms with Crippen LogP contribution in [0.15, 0.2) is 18.2 Å². The number of carbonyl (C=O) groups is 2. The number of nitrogens with one attached hydrogen (secondary N) is 1. The molecule has 23 heavy (non-hydrogen) atoms. The van der Waals surface area contributed by atoms with E-state index in [1.54, 1.807) is 12.1 Å². The van der Waals surface area contributed by atoms with Crippen molar-refractivity contribution < 1.29 is 19.4 Å². The molecule has 0 fully saturated rings. The number of hydrogen-bond donors (Lipinski definition) is 2. The molecule has 0 aromatic heterocycles. The van der Waals surface area contributed by atoms with Crippen LogP contribution < -0.4 is 10.1 Å². The molecule has 1 aromatic rings. The number of carbonyl (C=O) groups excluding carboxylic acids is 1. The number of ether oxygens (including phenoxy) is 1. The first-order chi connectivity index (χ1) is 11.0. The van der Waals surface area contributed by atoms with E-state index in [0.29, 0.717) is 12.2 Å². The molecule has 2 unspecified atom stereocenters. The van der Waals surface area contributed by atoms with E-state index in [0.717, 1.165) is 30.6 Å². The van der Waals surface area contributed by atoms with Crippen LogP contribution >= 0.6 is 0 Å². The van der Waals surface area contributed by atoms with Gasteiger partial charge in [-0.25, -0.2) is 4.79 Å². The van der Waals surface area contributed by atoms with Crippen LogP contribution in [0.3, 0.4) is 0 Å². The molecule has 1 heterocycles. The summed E-state index contributed by atoms with van der Waals surface area (Å²) in [4.78, 5) is 24.0. The third-order valence-electron chi connectivity index (χ3n) is 4.75. The lowest BCUT2D eigenvalue weighted by Gasteiger charge is -2.23. The summed E-state index contributed by atoms with van der Waals surface area (Å²) in [6.45, 7) is 6.58. The Labute approximate surface area is 137 Å². The molecule has 2 atom stereocenters. The molecular formula is C18H25NO4. The molecule has 0 saturated carbocycles. The summed E-state index contributed by atoms with van der Waals surface area (Å²) >= 11 is 0. The van der Waals surface area contributed by atoms with Crippen molar-refractivity contribution in [3.8, 4) is 5.75 Å². The van der Waals surface area contributed by atoms with Crippen molar-refractivity contribution in [3.05, 3.63) is 29.3 Å². The van der Waals surface area contributed by atoms with Gasteiger partial charge in [-0.1, -0.05) is 39.7 Å². The Morgan fingerprint density at radius 3 is 2.61 bits per heavy atom. The van der Waals surface area contributed by atoms with Crippen molar-refractivity contribution >= 4 is 11.9 Å². The van der Waals surface area contributed by atoms with E-state index in [-0.39, 0.29) is 17.7 Å². The molecule has 0 bridgehead atoms. The highest BCUT2D eigenvalue weighted by Crippen LogP contribution is 2.29. The number of rotatable bonds is 7. The van der Waals surface area contributed by atoms with Crippen molar-refractivity contribution in [3.63, 3.8) is 0 Å². The maximum atomic E-state index is 12.4. The van der Waals surface area contributed by atoms with Crippen LogP contribution in [0.1, 0.15) is 50.8 Å². The van der Waals surface area contributed by atoms with Crippen molar-refractivity contribution in [2.75, 3.05) is 6.61 Å². The van der Waals surface area contributed by atoms with E-state index in [1.165, 1.54) is 0 Å². The molecule has 0 spiro atoms. The smallest absolute Gasteiger partial charge is 0.330 e. The van der Waals surface area contributed by atoms with Gasteiger partial charge in [0.2, 0.25) is 5.91 Å². The number of carboxylic acid groups (broad SMARTS) is 1. The van der Waals surface area contributed by atoms with Gasteiger partial charge in [0.25, 0.3) is 0 Å². The van der Waals surface area contributed by atoms with Crippen LogP contribution in [0.4, 0.5) is 0 Å². The van der Waals surface area contributed by atoms with E-state index in [4.69, 9.17) is 4.74 Å². The monoisotopic (exact) mass is 319 g/mol. The van der Waals surface area contributed by atoms with Crippen LogP contribution in [-0.4, -0.2) is 23.6 Å². The van der Waals surface area contributed by atoms with Gasteiger partial charge in [-0.05, 0) is 29.2 Å². The molecule has 1 aliphatic heterocycles. The van der Waals surface area contributed by atoms with Crippen molar-refractivity contribution in [1.29, 1.82) is 0 Å². The predicted molar refractivity (Wildman–Crippen MR) is 87.4 cm³/mol. The highest BCUT2D eigenvalue weighted by molar-refractivity contribution is 5.86. The zero-order valence-electron chi connectivity index (χ0n) is 14.0. The van der Waals surface area contributed by atoms with E-state index in [1.807, 2.05) is 26.8 Å². The number of aliphatic carboxylic acids is 1. The van der Waals surface area contributed by atoms with Crippen LogP contribution in [0.5, 0.6) is 5.75 Å². The molecule has 126 valence electrons. The summed E-state index contributed by atoms with van der Waals surface area (Å²) < 4.78 is 5.44. The molecule has 0 aliphatic carbocycles. The van der Waals surface area contributed by atoms with Gasteiger partial charge >= 0.3 is 5.97 Å². The molecule has 0 radical (unpaired) electrons. The quantitative estimate of drug-likeness (QED) is 0.810. The van der Waals surface area contributed by atoms with Crippen LogP contribution in [-0.2, 0) is 16.0 Å². The highest BCUT2D eigenvalue weighted by Gasteiger charge is 2.28. The van der Waals surface area contributed by atoms with Gasteiger partial charge in [0, 0.05) is 12.3 Å². The zero-order chi connectivity index (χ0) is 17.0. The fourth-order valence-electron chi connectivity index (χ4n) is 3.16. The number of hydrogen-bond acceptors (Lipinski definition) is 3. The van der Waals surface area contributed by atoms with Gasteiger partial charge < -0.3 is 15.2 Å². The minimum Gasteiger partial charge on any atom is -0.493 e. The Bertz CT molecular complexity index is 580. The Morgan fingerprint density at radius 2 is 2.00 bits per heavy atom. The van der Waals surface area contributed by atoms with Crippen LogP contribution in [0, 0.1) is 11.8 Å². The van der Waals surface area contributed by atoms with Gasteiger partial charge in [-0.15, -0.1) is 0 Å². The number of benzene rings is 1. The molecular weight excluding hydrogens is 294 g/mol. The summed E-state index contributed by atoms with van der Waals surface area (Å²) in [5, 5.41) is 12.2. The fraction of sp³-hybridized carbons (Fsp3) is 0.556. The molecule has 5 heteroatoms. The second kappa shape index (κ2) is 7.49. The number of amides is 1. The van der Waals surface area contributed by atoms with Gasteiger partial charge in [-0.3, -0.25) is 4.79 Å². The van der Waals surface area contributed by atoms with Crippen molar-refractivity contribution in [2.24, 2.45) is 11.8 Å². The Morgan fingerprint density at radius 1 is 1.30 bits per heavy atom. The fourth-order valence-corrected chi connectivity index (χ4v) is 3.16. The standard InChI is InChI=1S/C18H25NO4/c1-4-12(5-2)11(3)17(20)19-16(18(21)22)14-6-7-15-13(10-14)8-9-23-15/h6-7,10-12,16H,4-5,8-9H2,1-3H3,(H,19,20)(H,21,22). The lowest BCUT2D eigenvalue weighted by Crippen LogP contribution is -2.39. The van der Waals surface area contributed by atoms with Crippen molar-refractivity contribution in [1.82, 2.24) is 5.32 Å². The lowest BCUT2D eigenvalue weighted by atomic mass is 9.88. The maximum Gasteiger partial charge on any atom is 0.330 e. The lowest BCUT2D eigenvalue weighted by molar-refractivity contribution is -0.143. The second-order valence-electron chi connectivity index (χ2n) is 6.11. The first-order valence-electron chi connectivity index (χ1n) is 8.26. The summed E-state index contributed by atoms with van der Waals surface area (Å²) in [5.74, 6) is -0.395. The summed E-state index contributed by atoms with van der Waals surface area (Å²) in [5.41, 5.74) is 1.59. The van der Waals surface area contributed by atoms with Gasteiger partial charge in [0.1, 0.15) is 5.75 Å². The average molecular weight is 319 g/mol. The zero-order valence-corrected chi connectivity index (χ0v) is 14.0. The van der Waals surface area contributed by atoms with Crippen LogP contribution in [0.25, 0.3) is 0 Å². The summed E-state index contributed by atoms with van der Waals surface area (Å²) in [7, 11) is 0. The predicted octanol–water partition coefficient (Wildman–Crippen LogP) is 2.94. The SMILES string of the molecule is CCC(CC)C(C)C(=O)NC(C(=O)O)c1ccc2c(c1)CCO2. The van der Waals surface area contributed by atoms with E-state index < -0.39 is 12.0 Å². The molecule has 2 rings (SSSR count). The first-order valence-corrected chi connectivity index (χ1v) is 8.26. The summed E-state index contributed by atoms with van der Waals surface area (Å²) in [6.07, 6.45) is 2.58. The van der Waals surface area contributed by atoms with Gasteiger partial charge in [0.15, 0.2) is 6.04 Å². The third kappa shape index (κ3) is 3.84. The molecule has 1 aliphatic rings. The average Bonchev–Trinajstić information content (AvgIpc) is 3.00. The minimum absolute atomic E-state index is 0.204. The van der Waals surface area contributed by atoms with Gasteiger partial charge in [-0.2, -0.15) is 0 Å². The molecule has 2 N–H and O–H groups in total. The Kier molecular flexibility index (Phi) is 5.64.